The molecule has 0 saturated carbocycles. The molecule has 0 amide bonds. The zero-order chi connectivity index (χ0) is 12.8. The number of carbonyl (C=O) groups is 1. The number of ether oxygens (including phenoxy) is 1. The third-order valence-corrected chi connectivity index (χ3v) is 2.93. The van der Waals surface area contributed by atoms with E-state index in [1.807, 2.05) is 13.8 Å². The molecule has 1 heterocycles. The van der Waals surface area contributed by atoms with Gasteiger partial charge in [-0.2, -0.15) is 0 Å². The quantitative estimate of drug-likeness (QED) is 0.646. The standard InChI is InChI=1S/C12H16N2O2S/c1-5-9(8(3)4)14-11-10(13-7-17-11)12(15)16-6-2/h1,7-9,14H,6H2,2-4H3. The van der Waals surface area contributed by atoms with Gasteiger partial charge >= 0.3 is 5.97 Å². The predicted molar refractivity (Wildman–Crippen MR) is 69.2 cm³/mol. The van der Waals surface area contributed by atoms with E-state index in [1.54, 1.807) is 12.4 Å². The lowest BCUT2D eigenvalue weighted by Crippen LogP contribution is -2.24. The van der Waals surface area contributed by atoms with E-state index in [0.29, 0.717) is 17.3 Å². The molecule has 1 aromatic heterocycles. The Hall–Kier alpha value is -1.54. The van der Waals surface area contributed by atoms with Crippen molar-refractivity contribution in [3.63, 3.8) is 0 Å². The van der Waals surface area contributed by atoms with Gasteiger partial charge in [0, 0.05) is 0 Å². The summed E-state index contributed by atoms with van der Waals surface area (Å²) in [4.78, 5) is 15.6. The molecule has 1 aromatic rings. The smallest absolute Gasteiger partial charge is 0.360 e. The van der Waals surface area contributed by atoms with Gasteiger partial charge in [-0.25, -0.2) is 9.78 Å². The molecule has 5 heteroatoms. The lowest BCUT2D eigenvalue weighted by atomic mass is 10.1. The van der Waals surface area contributed by atoms with E-state index in [-0.39, 0.29) is 12.0 Å². The van der Waals surface area contributed by atoms with Crippen LogP contribution in [0.15, 0.2) is 5.51 Å². The van der Waals surface area contributed by atoms with Gasteiger partial charge in [0.1, 0.15) is 5.00 Å². The number of rotatable bonds is 5. The van der Waals surface area contributed by atoms with E-state index < -0.39 is 5.97 Å². The second kappa shape index (κ2) is 6.26. The monoisotopic (exact) mass is 252 g/mol. The van der Waals surface area contributed by atoms with Crippen molar-refractivity contribution in [2.45, 2.75) is 26.8 Å². The van der Waals surface area contributed by atoms with Crippen LogP contribution in [0.2, 0.25) is 0 Å². The second-order valence-electron chi connectivity index (χ2n) is 3.78. The molecule has 92 valence electrons. The number of esters is 1. The minimum Gasteiger partial charge on any atom is -0.461 e. The molecule has 0 aromatic carbocycles. The van der Waals surface area contributed by atoms with E-state index in [9.17, 15) is 4.79 Å². The fourth-order valence-electron chi connectivity index (χ4n) is 1.24. The summed E-state index contributed by atoms with van der Waals surface area (Å²) in [5.74, 6) is 2.51. The van der Waals surface area contributed by atoms with Gasteiger partial charge in [0.15, 0.2) is 5.69 Å². The van der Waals surface area contributed by atoms with Crippen molar-refractivity contribution in [1.29, 1.82) is 0 Å². The zero-order valence-electron chi connectivity index (χ0n) is 10.2. The highest BCUT2D eigenvalue weighted by Gasteiger charge is 2.19. The van der Waals surface area contributed by atoms with Gasteiger partial charge in [0.2, 0.25) is 0 Å². The van der Waals surface area contributed by atoms with Crippen LogP contribution in [0, 0.1) is 18.3 Å². The van der Waals surface area contributed by atoms with E-state index in [0.717, 1.165) is 0 Å². The van der Waals surface area contributed by atoms with E-state index >= 15 is 0 Å². The summed E-state index contributed by atoms with van der Waals surface area (Å²) in [7, 11) is 0. The van der Waals surface area contributed by atoms with Gasteiger partial charge in [-0.3, -0.25) is 0 Å². The number of aromatic nitrogens is 1. The fraction of sp³-hybridized carbons (Fsp3) is 0.500. The molecule has 0 aliphatic heterocycles. The van der Waals surface area contributed by atoms with Crippen LogP contribution < -0.4 is 5.32 Å². The SMILES string of the molecule is C#CC(Nc1scnc1C(=O)OCC)C(C)C. The summed E-state index contributed by atoms with van der Waals surface area (Å²) in [5.41, 5.74) is 1.90. The maximum absolute atomic E-state index is 11.6. The van der Waals surface area contributed by atoms with Gasteiger partial charge in [-0.1, -0.05) is 19.8 Å². The Kier molecular flexibility index (Phi) is 4.98. The number of thiazole rings is 1. The first kappa shape index (κ1) is 13.5. The van der Waals surface area contributed by atoms with Crippen molar-refractivity contribution in [3.8, 4) is 12.3 Å². The average molecular weight is 252 g/mol. The Morgan fingerprint density at radius 3 is 2.94 bits per heavy atom. The normalized spacial score (nSPS) is 11.9. The summed E-state index contributed by atoms with van der Waals surface area (Å²) in [6, 6.07) is -0.122. The molecule has 17 heavy (non-hydrogen) atoms. The third kappa shape index (κ3) is 3.46. The number of hydrogen-bond donors (Lipinski definition) is 1. The second-order valence-corrected chi connectivity index (χ2v) is 4.64. The van der Waals surface area contributed by atoms with Crippen molar-refractivity contribution in [1.82, 2.24) is 4.98 Å². The van der Waals surface area contributed by atoms with Gasteiger partial charge in [-0.15, -0.1) is 17.8 Å². The Balaban J connectivity index is 2.82. The first-order chi connectivity index (χ1) is 8.10. The Morgan fingerprint density at radius 1 is 1.71 bits per heavy atom. The molecule has 0 spiro atoms. The van der Waals surface area contributed by atoms with Crippen molar-refractivity contribution in [3.05, 3.63) is 11.2 Å². The summed E-state index contributed by atoms with van der Waals surface area (Å²) in [5, 5.41) is 3.80. The lowest BCUT2D eigenvalue weighted by Gasteiger charge is -2.16. The summed E-state index contributed by atoms with van der Waals surface area (Å²) in [6.45, 7) is 6.12. The van der Waals surface area contributed by atoms with Crippen LogP contribution in [0.3, 0.4) is 0 Å². The molecule has 0 fully saturated rings. The molecule has 1 N–H and O–H groups in total. The van der Waals surface area contributed by atoms with Gasteiger partial charge < -0.3 is 10.1 Å². The number of hydrogen-bond acceptors (Lipinski definition) is 5. The van der Waals surface area contributed by atoms with Gasteiger partial charge in [0.25, 0.3) is 0 Å². The summed E-state index contributed by atoms with van der Waals surface area (Å²) >= 11 is 1.35. The number of nitrogens with zero attached hydrogens (tertiary/aromatic N) is 1. The molecule has 1 unspecified atom stereocenters. The van der Waals surface area contributed by atoms with Gasteiger partial charge in [0.05, 0.1) is 18.2 Å². The first-order valence-corrected chi connectivity index (χ1v) is 6.31. The fourth-order valence-corrected chi connectivity index (χ4v) is 1.94. The molecule has 0 bridgehead atoms. The molecule has 0 aliphatic carbocycles. The van der Waals surface area contributed by atoms with E-state index in [1.165, 1.54) is 11.3 Å². The third-order valence-electron chi connectivity index (χ3n) is 2.17. The van der Waals surface area contributed by atoms with Crippen LogP contribution in [0.5, 0.6) is 0 Å². The largest absolute Gasteiger partial charge is 0.461 e. The minimum absolute atomic E-state index is 0.122. The molecular formula is C12H16N2O2S. The molecule has 0 aliphatic rings. The topological polar surface area (TPSA) is 51.2 Å². The predicted octanol–water partition coefficient (Wildman–Crippen LogP) is 2.39. The molecular weight excluding hydrogens is 236 g/mol. The minimum atomic E-state index is -0.421. The molecule has 1 rings (SSSR count). The number of terminal acetylenes is 1. The summed E-state index contributed by atoms with van der Waals surface area (Å²) < 4.78 is 4.92. The van der Waals surface area contributed by atoms with Gasteiger partial charge in [-0.05, 0) is 12.8 Å². The Morgan fingerprint density at radius 2 is 2.41 bits per heavy atom. The average Bonchev–Trinajstić information content (AvgIpc) is 2.73. The highest BCUT2D eigenvalue weighted by Crippen LogP contribution is 2.23. The van der Waals surface area contributed by atoms with Crippen LogP contribution in [0.4, 0.5) is 5.00 Å². The van der Waals surface area contributed by atoms with Crippen LogP contribution in [-0.2, 0) is 4.74 Å². The molecule has 1 atom stereocenters. The Labute approximate surface area is 105 Å². The van der Waals surface area contributed by atoms with Crippen LogP contribution in [0.25, 0.3) is 0 Å². The van der Waals surface area contributed by atoms with Crippen molar-refractivity contribution in [2.75, 3.05) is 11.9 Å². The maximum Gasteiger partial charge on any atom is 0.360 e. The highest BCUT2D eigenvalue weighted by atomic mass is 32.1. The van der Waals surface area contributed by atoms with E-state index in [4.69, 9.17) is 11.2 Å². The van der Waals surface area contributed by atoms with Crippen molar-refractivity contribution >= 4 is 22.3 Å². The van der Waals surface area contributed by atoms with E-state index in [2.05, 4.69) is 16.2 Å². The highest BCUT2D eigenvalue weighted by molar-refractivity contribution is 7.14. The van der Waals surface area contributed by atoms with Crippen LogP contribution >= 0.6 is 11.3 Å². The van der Waals surface area contributed by atoms with Crippen molar-refractivity contribution < 1.29 is 9.53 Å². The number of nitrogens with one attached hydrogen (secondary N) is 1. The van der Waals surface area contributed by atoms with Crippen molar-refractivity contribution in [2.24, 2.45) is 5.92 Å². The zero-order valence-corrected chi connectivity index (χ0v) is 11.0. The first-order valence-electron chi connectivity index (χ1n) is 5.43. The molecule has 0 saturated heterocycles. The summed E-state index contributed by atoms with van der Waals surface area (Å²) in [6.07, 6.45) is 5.43. The molecule has 0 radical (unpaired) electrons. The molecule has 4 nitrogen and oxygen atoms in total. The Bertz CT molecular complexity index is 420. The van der Waals surface area contributed by atoms with Crippen LogP contribution in [0.1, 0.15) is 31.3 Å². The lowest BCUT2D eigenvalue weighted by molar-refractivity contribution is 0.0521. The number of anilines is 1. The number of carbonyl (C=O) groups excluding carboxylic acids is 1. The van der Waals surface area contributed by atoms with Crippen LogP contribution in [-0.4, -0.2) is 23.6 Å². The maximum atomic E-state index is 11.6.